The summed E-state index contributed by atoms with van der Waals surface area (Å²) < 4.78 is 43.9. The number of Topliss-reactive ketones (excluding diaryl/α,β-unsaturated/α-hetero) is 1. The number of aliphatic carboxylic acids is 1. The van der Waals surface area contributed by atoms with Crippen LogP contribution in [0.3, 0.4) is 0 Å². The summed E-state index contributed by atoms with van der Waals surface area (Å²) in [6.45, 7) is 6.45. The van der Waals surface area contributed by atoms with Gasteiger partial charge in [-0.1, -0.05) is 44.0 Å². The van der Waals surface area contributed by atoms with E-state index in [0.717, 1.165) is 15.8 Å². The maximum absolute atomic E-state index is 14.4. The highest BCUT2D eigenvalue weighted by atomic mass is 35.5. The van der Waals surface area contributed by atoms with Crippen molar-refractivity contribution in [3.63, 3.8) is 0 Å². The first-order chi connectivity index (χ1) is 17.5. The molecule has 2 aromatic rings. The number of carbonyl (C=O) groups excluding carboxylic acids is 2. The minimum Gasteiger partial charge on any atom is -0.481 e. The van der Waals surface area contributed by atoms with Gasteiger partial charge in [-0.3, -0.25) is 24.0 Å². The van der Waals surface area contributed by atoms with E-state index in [4.69, 9.17) is 23.2 Å². The molecule has 0 saturated heterocycles. The number of carbonyl (C=O) groups is 3. The largest absolute Gasteiger partial charge is 0.481 e. The highest BCUT2D eigenvalue weighted by Gasteiger charge is 2.44. The number of alkyl halides is 3. The predicted molar refractivity (Wildman–Crippen MR) is 134 cm³/mol. The summed E-state index contributed by atoms with van der Waals surface area (Å²) in [5, 5.41) is 13.1. The summed E-state index contributed by atoms with van der Waals surface area (Å²) in [7, 11) is 0. The van der Waals surface area contributed by atoms with E-state index in [1.807, 2.05) is 0 Å². The molecular weight excluding hydrogens is 548 g/mol. The molecule has 3 rings (SSSR count). The van der Waals surface area contributed by atoms with Crippen LogP contribution in [0.2, 0.25) is 10.0 Å². The highest BCUT2D eigenvalue weighted by Crippen LogP contribution is 2.40. The molecule has 1 N–H and O–H groups in total. The van der Waals surface area contributed by atoms with Gasteiger partial charge in [-0.15, -0.1) is 0 Å². The van der Waals surface area contributed by atoms with Crippen LogP contribution in [0.25, 0.3) is 0 Å². The van der Waals surface area contributed by atoms with Crippen molar-refractivity contribution < 1.29 is 32.7 Å². The van der Waals surface area contributed by atoms with Gasteiger partial charge in [0.1, 0.15) is 0 Å². The highest BCUT2D eigenvalue weighted by molar-refractivity contribution is 6.39. The van der Waals surface area contributed by atoms with Crippen molar-refractivity contribution in [1.82, 2.24) is 19.7 Å². The molecule has 2 aromatic heterocycles. The topological polar surface area (TPSA) is 105 Å². The van der Waals surface area contributed by atoms with Crippen molar-refractivity contribution in [1.29, 1.82) is 0 Å². The quantitative estimate of drug-likeness (QED) is 0.394. The molecule has 1 saturated carbocycles. The lowest BCUT2D eigenvalue weighted by Crippen LogP contribution is -2.48. The Morgan fingerprint density at radius 3 is 2.11 bits per heavy atom. The Hall–Kier alpha value is -2.66. The molecule has 0 aliphatic heterocycles. The number of aromatic nitrogens is 3. The molecule has 0 bridgehead atoms. The fourth-order valence-corrected chi connectivity index (χ4v) is 5.14. The van der Waals surface area contributed by atoms with Crippen molar-refractivity contribution in [2.45, 2.75) is 71.6 Å². The molecule has 2 heterocycles. The second-order valence-electron chi connectivity index (χ2n) is 10.6. The van der Waals surface area contributed by atoms with Gasteiger partial charge >= 0.3 is 12.1 Å². The smallest absolute Gasteiger partial charge is 0.433 e. The van der Waals surface area contributed by atoms with Crippen LogP contribution in [-0.4, -0.2) is 55.0 Å². The Bertz CT molecular complexity index is 1200. The SMILES string of the molecule is C[C@@H](N(CC(=O)c1c(Cl)cncc1Cl)C(=O)c1cnn(C2CCC(C(=O)O)CC2)c1C(F)(F)F)C(C)(C)C. The van der Waals surface area contributed by atoms with Crippen molar-refractivity contribution in [3.8, 4) is 0 Å². The van der Waals surface area contributed by atoms with Crippen LogP contribution in [-0.2, 0) is 11.0 Å². The lowest BCUT2D eigenvalue weighted by Gasteiger charge is -2.37. The fourth-order valence-electron chi connectivity index (χ4n) is 4.56. The van der Waals surface area contributed by atoms with Gasteiger partial charge in [0, 0.05) is 18.4 Å². The first kappa shape index (κ1) is 29.9. The van der Waals surface area contributed by atoms with E-state index >= 15 is 0 Å². The number of rotatable bonds is 7. The maximum Gasteiger partial charge on any atom is 0.433 e. The summed E-state index contributed by atoms with van der Waals surface area (Å²) in [6.07, 6.45) is -0.873. The van der Waals surface area contributed by atoms with E-state index in [1.54, 1.807) is 27.7 Å². The third-order valence-corrected chi connectivity index (χ3v) is 7.69. The molecule has 38 heavy (non-hydrogen) atoms. The van der Waals surface area contributed by atoms with Crippen LogP contribution in [0.4, 0.5) is 13.2 Å². The van der Waals surface area contributed by atoms with Crippen LogP contribution in [0.5, 0.6) is 0 Å². The summed E-state index contributed by atoms with van der Waals surface area (Å²) in [4.78, 5) is 43.1. The van der Waals surface area contributed by atoms with E-state index in [1.165, 1.54) is 12.4 Å². The third kappa shape index (κ3) is 6.31. The number of halogens is 5. The molecule has 208 valence electrons. The lowest BCUT2D eigenvalue weighted by molar-refractivity contribution is -0.147. The number of amides is 1. The van der Waals surface area contributed by atoms with Crippen LogP contribution in [0.15, 0.2) is 18.6 Å². The number of nitrogens with zero attached hydrogens (tertiary/aromatic N) is 4. The van der Waals surface area contributed by atoms with Crippen molar-refractivity contribution in [2.24, 2.45) is 11.3 Å². The Labute approximate surface area is 228 Å². The minimum absolute atomic E-state index is 0.0425. The third-order valence-electron chi connectivity index (χ3n) is 7.11. The van der Waals surface area contributed by atoms with Crippen molar-refractivity contribution in [3.05, 3.63) is 45.5 Å². The van der Waals surface area contributed by atoms with Gasteiger partial charge in [-0.25, -0.2) is 0 Å². The number of carboxylic acids is 1. The van der Waals surface area contributed by atoms with Crippen LogP contribution >= 0.6 is 23.2 Å². The molecule has 0 spiro atoms. The molecule has 13 heteroatoms. The number of carboxylic acid groups (broad SMARTS) is 1. The van der Waals surface area contributed by atoms with Gasteiger partial charge in [-0.05, 0) is 38.0 Å². The molecule has 0 unspecified atom stereocenters. The van der Waals surface area contributed by atoms with Gasteiger partial charge in [0.15, 0.2) is 11.5 Å². The van der Waals surface area contributed by atoms with E-state index in [-0.39, 0.29) is 41.3 Å². The lowest BCUT2D eigenvalue weighted by atomic mass is 9.86. The first-order valence-electron chi connectivity index (χ1n) is 12.0. The number of hydrogen-bond acceptors (Lipinski definition) is 5. The first-order valence-corrected chi connectivity index (χ1v) is 12.8. The normalized spacial score (nSPS) is 19.2. The number of hydrogen-bond donors (Lipinski definition) is 1. The molecule has 0 radical (unpaired) electrons. The maximum atomic E-state index is 14.4. The Balaban J connectivity index is 2.02. The van der Waals surface area contributed by atoms with Gasteiger partial charge < -0.3 is 10.0 Å². The molecule has 1 amide bonds. The summed E-state index contributed by atoms with van der Waals surface area (Å²) >= 11 is 12.2. The second kappa shape index (κ2) is 11.2. The van der Waals surface area contributed by atoms with Crippen molar-refractivity contribution in [2.75, 3.05) is 6.54 Å². The molecule has 1 fully saturated rings. The van der Waals surface area contributed by atoms with Gasteiger partial charge in [0.25, 0.3) is 5.91 Å². The Morgan fingerprint density at radius 1 is 1.08 bits per heavy atom. The average molecular weight is 577 g/mol. The summed E-state index contributed by atoms with van der Waals surface area (Å²) in [6, 6.07) is -1.39. The Kier molecular flexibility index (Phi) is 8.82. The zero-order chi connectivity index (χ0) is 28.6. The second-order valence-corrected chi connectivity index (χ2v) is 11.4. The number of pyridine rings is 1. The van der Waals surface area contributed by atoms with Crippen LogP contribution < -0.4 is 0 Å². The van der Waals surface area contributed by atoms with Crippen LogP contribution in [0.1, 0.15) is 85.8 Å². The standard InChI is InChI=1S/C25H29Cl2F3N4O4/c1-13(24(2,3)4)33(12-19(35)20-17(26)10-31-11-18(20)27)22(36)16-9-32-34(21(16)25(28,29)30)15-7-5-14(6-8-15)23(37)38/h9-11,13-15H,5-8,12H2,1-4H3,(H,37,38)/t13-,14?,15?/m1/s1. The molecule has 0 aromatic carbocycles. The van der Waals surface area contributed by atoms with E-state index in [2.05, 4.69) is 10.1 Å². The van der Waals surface area contributed by atoms with Gasteiger partial charge in [0.05, 0.1) is 45.9 Å². The monoisotopic (exact) mass is 576 g/mol. The molecule has 8 nitrogen and oxygen atoms in total. The van der Waals surface area contributed by atoms with Gasteiger partial charge in [-0.2, -0.15) is 18.3 Å². The molecule has 1 aliphatic rings. The van der Waals surface area contributed by atoms with E-state index in [9.17, 15) is 32.7 Å². The zero-order valence-electron chi connectivity index (χ0n) is 21.4. The number of ketones is 1. The molecule has 1 aliphatic carbocycles. The van der Waals surface area contributed by atoms with Crippen molar-refractivity contribution >= 4 is 40.9 Å². The fraction of sp³-hybridized carbons (Fsp3) is 0.560. The summed E-state index contributed by atoms with van der Waals surface area (Å²) in [5.74, 6) is -3.28. The van der Waals surface area contributed by atoms with E-state index in [0.29, 0.717) is 0 Å². The molecular formula is C25H29Cl2F3N4O4. The van der Waals surface area contributed by atoms with E-state index < -0.39 is 65.1 Å². The average Bonchev–Trinajstić information content (AvgIpc) is 3.27. The zero-order valence-corrected chi connectivity index (χ0v) is 22.9. The molecule has 1 atom stereocenters. The Morgan fingerprint density at radius 2 is 1.63 bits per heavy atom. The summed E-state index contributed by atoms with van der Waals surface area (Å²) in [5.41, 5.74) is -2.59. The van der Waals surface area contributed by atoms with Crippen LogP contribution in [0, 0.1) is 11.3 Å². The van der Waals surface area contributed by atoms with Gasteiger partial charge in [0.2, 0.25) is 0 Å². The predicted octanol–water partition coefficient (Wildman–Crippen LogP) is 6.18. The minimum atomic E-state index is -4.93.